The topological polar surface area (TPSA) is 9.86 Å². The molecule has 3 aliphatic heterocycles. The van der Waals surface area contributed by atoms with Gasteiger partial charge in [-0.3, -0.25) is 0 Å². The van der Waals surface area contributed by atoms with Crippen LogP contribution in [-0.2, 0) is 16.2 Å². The molecule has 72 heavy (non-hydrogen) atoms. The highest BCUT2D eigenvalue weighted by Crippen LogP contribution is 2.62. The maximum atomic E-state index is 2.78. The van der Waals surface area contributed by atoms with E-state index in [-0.39, 0.29) is 17.5 Å². The Balaban J connectivity index is 1.19. The van der Waals surface area contributed by atoms with E-state index in [1.165, 1.54) is 149 Å². The highest BCUT2D eigenvalue weighted by molar-refractivity contribution is 7.01. The lowest BCUT2D eigenvalue weighted by Crippen LogP contribution is -2.60. The standard InChI is InChI=1S/C69H59BN2/c1-38(2)43-34-50-51-35-44(39(3)4)37-57-64(51)72-63(50)56(36-43)69(53-21-15-13-19-48(53)49-20-14-16-22-54(49)69)55-31-32-58-61(66(55)72)70(57)60-47-18-12-11-17-42(47)33-52-59(40-23-27-45(28-24-40)67(5,6)7)62(71(58)65(52)60)41-25-29-46(30-26-41)68(8,9)10/h11-39H,1-10H3. The Morgan fingerprint density at radius 1 is 0.444 bits per heavy atom. The van der Waals surface area contributed by atoms with Crippen molar-refractivity contribution in [2.75, 3.05) is 0 Å². The number of fused-ring (bicyclic) bond motifs is 13. The lowest BCUT2D eigenvalue weighted by Gasteiger charge is -2.44. The zero-order valence-electron chi connectivity index (χ0n) is 43.2. The largest absolute Gasteiger partial charge is 0.310 e. The molecule has 3 heteroatoms. The molecule has 1 aliphatic carbocycles. The number of hydrogen-bond acceptors (Lipinski definition) is 0. The molecule has 0 saturated carbocycles. The van der Waals surface area contributed by atoms with Crippen molar-refractivity contribution in [3.8, 4) is 44.9 Å². The summed E-state index contributed by atoms with van der Waals surface area (Å²) in [6, 6.07) is 65.2. The Kier molecular flexibility index (Phi) is 8.22. The SMILES string of the molecule is CC(C)c1cc2c3c(c1)c1cc(C(C)C)cc4c1n3-c1c(ccc3c1B2c1c2ccccc2cc2c(-c5ccc(C(C)(C)C)cc5)c(-c5ccc(C(C)(C)C)cc5)n-3c12)C41c2ccccc2-c2ccccc21. The van der Waals surface area contributed by atoms with Crippen LogP contribution in [0.1, 0.15) is 126 Å². The Morgan fingerprint density at radius 2 is 1.01 bits per heavy atom. The second-order valence-electron chi connectivity index (χ2n) is 24.4. The van der Waals surface area contributed by atoms with Gasteiger partial charge in [-0.15, -0.1) is 0 Å². The van der Waals surface area contributed by atoms with Gasteiger partial charge >= 0.3 is 0 Å². The summed E-state index contributed by atoms with van der Waals surface area (Å²) in [5.74, 6) is 0.698. The molecule has 348 valence electrons. The first-order valence-corrected chi connectivity index (χ1v) is 26.5. The molecule has 0 fully saturated rings. The second kappa shape index (κ2) is 14.0. The summed E-state index contributed by atoms with van der Waals surface area (Å²) in [5, 5.41) is 6.69. The van der Waals surface area contributed by atoms with Crippen LogP contribution >= 0.6 is 0 Å². The molecule has 9 aromatic carbocycles. The molecule has 0 amide bonds. The fraction of sp³-hybridized carbons (Fsp3) is 0.217. The zero-order valence-corrected chi connectivity index (χ0v) is 43.2. The van der Waals surface area contributed by atoms with Crippen LogP contribution in [0.5, 0.6) is 0 Å². The van der Waals surface area contributed by atoms with Gasteiger partial charge in [0, 0.05) is 38.6 Å². The minimum atomic E-state index is -0.537. The summed E-state index contributed by atoms with van der Waals surface area (Å²) in [4.78, 5) is 0. The quantitative estimate of drug-likeness (QED) is 0.156. The molecule has 2 aromatic heterocycles. The lowest BCUT2D eigenvalue weighted by molar-refractivity contribution is 0.590. The van der Waals surface area contributed by atoms with Crippen LogP contribution in [0.25, 0.3) is 88.4 Å². The van der Waals surface area contributed by atoms with E-state index in [2.05, 4.69) is 242 Å². The van der Waals surface area contributed by atoms with Gasteiger partial charge in [-0.2, -0.15) is 0 Å². The van der Waals surface area contributed by atoms with Crippen LogP contribution in [0.15, 0.2) is 164 Å². The summed E-state index contributed by atoms with van der Waals surface area (Å²) in [6.07, 6.45) is 0. The van der Waals surface area contributed by atoms with E-state index in [0.29, 0.717) is 11.8 Å². The number of hydrogen-bond donors (Lipinski definition) is 0. The molecular weight excluding hydrogens is 868 g/mol. The van der Waals surface area contributed by atoms with Crippen LogP contribution in [0.3, 0.4) is 0 Å². The predicted octanol–water partition coefficient (Wildman–Crippen LogP) is 15.9. The van der Waals surface area contributed by atoms with E-state index in [4.69, 9.17) is 0 Å². The van der Waals surface area contributed by atoms with Crippen molar-refractivity contribution in [3.05, 3.63) is 208 Å². The van der Waals surface area contributed by atoms with E-state index >= 15 is 0 Å². The Bertz CT molecular complexity index is 4170. The van der Waals surface area contributed by atoms with Gasteiger partial charge in [0.1, 0.15) is 0 Å². The van der Waals surface area contributed by atoms with Gasteiger partial charge in [0.2, 0.25) is 0 Å². The third kappa shape index (κ3) is 5.17. The maximum Gasteiger partial charge on any atom is 0.253 e. The van der Waals surface area contributed by atoms with Crippen molar-refractivity contribution in [1.29, 1.82) is 0 Å². The molecule has 5 heterocycles. The van der Waals surface area contributed by atoms with Crippen LogP contribution in [-0.4, -0.2) is 15.8 Å². The first kappa shape index (κ1) is 42.3. The molecule has 1 spiro atoms. The third-order valence-electron chi connectivity index (χ3n) is 17.8. The van der Waals surface area contributed by atoms with Crippen molar-refractivity contribution in [1.82, 2.24) is 9.13 Å². The predicted molar refractivity (Wildman–Crippen MR) is 307 cm³/mol. The van der Waals surface area contributed by atoms with Crippen molar-refractivity contribution in [2.24, 2.45) is 0 Å². The van der Waals surface area contributed by atoms with Gasteiger partial charge in [-0.1, -0.05) is 209 Å². The minimum Gasteiger partial charge on any atom is -0.310 e. The van der Waals surface area contributed by atoms with Crippen molar-refractivity contribution < 1.29 is 0 Å². The van der Waals surface area contributed by atoms with Crippen molar-refractivity contribution >= 4 is 66.6 Å². The zero-order chi connectivity index (χ0) is 49.1. The highest BCUT2D eigenvalue weighted by atomic mass is 15.1. The van der Waals surface area contributed by atoms with Crippen LogP contribution in [0.4, 0.5) is 0 Å². The van der Waals surface area contributed by atoms with Gasteiger partial charge in [-0.25, -0.2) is 0 Å². The maximum absolute atomic E-state index is 2.78. The molecule has 0 atom stereocenters. The first-order valence-electron chi connectivity index (χ1n) is 26.5. The van der Waals surface area contributed by atoms with E-state index in [1.807, 2.05) is 0 Å². The number of aromatic nitrogens is 2. The van der Waals surface area contributed by atoms with E-state index in [0.717, 1.165) is 0 Å². The summed E-state index contributed by atoms with van der Waals surface area (Å²) in [7, 11) is 0. The summed E-state index contributed by atoms with van der Waals surface area (Å²) >= 11 is 0. The smallest absolute Gasteiger partial charge is 0.253 e. The molecule has 0 unspecified atom stereocenters. The Hall–Kier alpha value is -7.36. The van der Waals surface area contributed by atoms with Crippen LogP contribution in [0.2, 0.25) is 0 Å². The van der Waals surface area contributed by atoms with Crippen LogP contribution < -0.4 is 16.4 Å². The fourth-order valence-corrected chi connectivity index (χ4v) is 14.3. The normalized spacial score (nSPS) is 14.6. The Morgan fingerprint density at radius 3 is 1.64 bits per heavy atom. The molecular formula is C69H59BN2. The molecule has 0 saturated heterocycles. The van der Waals surface area contributed by atoms with Gasteiger partial charge in [-0.05, 0) is 141 Å². The molecule has 0 radical (unpaired) electrons. The summed E-state index contributed by atoms with van der Waals surface area (Å²) in [6.45, 7) is 23.4. The van der Waals surface area contributed by atoms with Gasteiger partial charge in [0.25, 0.3) is 6.71 Å². The average molecular weight is 927 g/mol. The van der Waals surface area contributed by atoms with Gasteiger partial charge in [0.15, 0.2) is 0 Å². The van der Waals surface area contributed by atoms with Gasteiger partial charge in [0.05, 0.1) is 22.1 Å². The second-order valence-corrected chi connectivity index (χ2v) is 24.4. The summed E-state index contributed by atoms with van der Waals surface area (Å²) in [5.41, 5.74) is 29.3. The highest BCUT2D eigenvalue weighted by Gasteiger charge is 2.55. The summed E-state index contributed by atoms with van der Waals surface area (Å²) < 4.78 is 5.52. The van der Waals surface area contributed by atoms with E-state index in [1.54, 1.807) is 0 Å². The number of rotatable bonds is 4. The number of benzene rings is 9. The Labute approximate surface area is 424 Å². The third-order valence-corrected chi connectivity index (χ3v) is 17.8. The molecule has 11 aromatic rings. The molecule has 2 nitrogen and oxygen atoms in total. The van der Waals surface area contributed by atoms with Crippen molar-refractivity contribution in [2.45, 2.75) is 97.3 Å². The van der Waals surface area contributed by atoms with E-state index < -0.39 is 5.41 Å². The van der Waals surface area contributed by atoms with E-state index in [9.17, 15) is 0 Å². The van der Waals surface area contributed by atoms with Crippen molar-refractivity contribution in [3.63, 3.8) is 0 Å². The lowest BCUT2D eigenvalue weighted by atomic mass is 9.33. The minimum absolute atomic E-state index is 0.0220. The first-order chi connectivity index (χ1) is 34.7. The molecule has 4 aliphatic rings. The molecule has 0 bridgehead atoms. The molecule has 0 N–H and O–H groups in total. The van der Waals surface area contributed by atoms with Crippen LogP contribution in [0, 0.1) is 0 Å². The monoisotopic (exact) mass is 926 g/mol. The molecule has 15 rings (SSSR count). The average Bonchev–Trinajstić information content (AvgIpc) is 4.00. The number of nitrogens with zero attached hydrogens (tertiary/aromatic N) is 2. The fourth-order valence-electron chi connectivity index (χ4n) is 14.3. The van der Waals surface area contributed by atoms with Gasteiger partial charge < -0.3 is 9.13 Å².